The molecule has 4 rings (SSSR count). The summed E-state index contributed by atoms with van der Waals surface area (Å²) in [6, 6.07) is 21.1. The molecule has 35 heavy (non-hydrogen) atoms. The third-order valence-corrected chi connectivity index (χ3v) is 6.04. The van der Waals surface area contributed by atoms with Crippen LogP contribution in [0.1, 0.15) is 12.5 Å². The molecule has 7 nitrogen and oxygen atoms in total. The average Bonchev–Trinajstić information content (AvgIpc) is 2.89. The smallest absolute Gasteiger partial charge is 0.262 e. The summed E-state index contributed by atoms with van der Waals surface area (Å²) in [4.78, 5) is 19.2. The zero-order chi connectivity index (χ0) is 24.5. The topological polar surface area (TPSA) is 72.4 Å². The van der Waals surface area contributed by atoms with Gasteiger partial charge in [-0.05, 0) is 71.4 Å². The number of carbonyl (C=O) groups excluding carboxylic acids is 1. The van der Waals surface area contributed by atoms with Crippen molar-refractivity contribution in [2.75, 3.05) is 49.7 Å². The molecule has 3 aromatic carbocycles. The molecule has 182 valence electrons. The van der Waals surface area contributed by atoms with Crippen LogP contribution in [-0.2, 0) is 9.53 Å². The summed E-state index contributed by atoms with van der Waals surface area (Å²) in [6.07, 6.45) is 1.78. The van der Waals surface area contributed by atoms with Crippen LogP contribution in [0.5, 0.6) is 11.5 Å². The molecule has 0 aliphatic carbocycles. The van der Waals surface area contributed by atoms with Crippen LogP contribution < -0.4 is 19.7 Å². The van der Waals surface area contributed by atoms with Crippen LogP contribution >= 0.6 is 15.9 Å². The van der Waals surface area contributed by atoms with E-state index >= 15 is 0 Å². The van der Waals surface area contributed by atoms with Crippen LogP contribution in [0, 0.1) is 0 Å². The van der Waals surface area contributed by atoms with E-state index in [0.29, 0.717) is 18.1 Å². The van der Waals surface area contributed by atoms with Gasteiger partial charge in [0.25, 0.3) is 5.91 Å². The molecule has 0 aromatic heterocycles. The highest BCUT2D eigenvalue weighted by Gasteiger charge is 2.13. The number of para-hydroxylation sites is 1. The first kappa shape index (κ1) is 24.8. The Morgan fingerprint density at radius 2 is 1.77 bits per heavy atom. The molecule has 1 aliphatic heterocycles. The van der Waals surface area contributed by atoms with E-state index in [-0.39, 0.29) is 12.5 Å². The highest BCUT2D eigenvalue weighted by atomic mass is 79.9. The predicted octanol–water partition coefficient (Wildman–Crippen LogP) is 5.45. The van der Waals surface area contributed by atoms with Gasteiger partial charge in [-0.15, -0.1) is 0 Å². The number of rotatable bonds is 9. The van der Waals surface area contributed by atoms with E-state index in [9.17, 15) is 4.79 Å². The van der Waals surface area contributed by atoms with Crippen molar-refractivity contribution in [3.63, 3.8) is 0 Å². The van der Waals surface area contributed by atoms with Gasteiger partial charge < -0.3 is 24.4 Å². The molecule has 1 heterocycles. The number of amides is 1. The number of halogens is 1. The molecule has 0 unspecified atom stereocenters. The van der Waals surface area contributed by atoms with Gasteiger partial charge in [0, 0.05) is 40.7 Å². The maximum absolute atomic E-state index is 12.3. The van der Waals surface area contributed by atoms with E-state index in [4.69, 9.17) is 14.2 Å². The standard InChI is InChI=1S/C27H28BrN3O4/c1-2-34-25-16-20(18-29-21-8-10-23(11-9-21)31-12-14-33-15-13-31)24(28)17-26(25)35-19-27(32)30-22-6-4-3-5-7-22/h3-11,16-18H,2,12-15,19H2,1H3,(H,30,32). The number of ether oxygens (including phenoxy) is 3. The van der Waals surface area contributed by atoms with Gasteiger partial charge in [-0.3, -0.25) is 9.79 Å². The van der Waals surface area contributed by atoms with Crippen molar-refractivity contribution in [2.24, 2.45) is 4.99 Å². The molecular weight excluding hydrogens is 510 g/mol. The summed E-state index contributed by atoms with van der Waals surface area (Å²) in [5.41, 5.74) is 3.58. The number of nitrogens with one attached hydrogen (secondary N) is 1. The molecule has 0 bridgehead atoms. The van der Waals surface area contributed by atoms with Crippen molar-refractivity contribution < 1.29 is 19.0 Å². The van der Waals surface area contributed by atoms with Gasteiger partial charge in [0.1, 0.15) is 0 Å². The number of carbonyl (C=O) groups is 1. The van der Waals surface area contributed by atoms with Crippen LogP contribution in [0.2, 0.25) is 0 Å². The van der Waals surface area contributed by atoms with E-state index in [0.717, 1.165) is 47.7 Å². The Kier molecular flexibility index (Phi) is 8.75. The van der Waals surface area contributed by atoms with Gasteiger partial charge in [-0.25, -0.2) is 0 Å². The summed E-state index contributed by atoms with van der Waals surface area (Å²) in [5.74, 6) is 0.780. The van der Waals surface area contributed by atoms with Crippen molar-refractivity contribution in [1.29, 1.82) is 0 Å². The summed E-state index contributed by atoms with van der Waals surface area (Å²) >= 11 is 3.58. The van der Waals surface area contributed by atoms with Gasteiger partial charge in [0.05, 0.1) is 25.5 Å². The Hall–Kier alpha value is -3.36. The van der Waals surface area contributed by atoms with Crippen molar-refractivity contribution in [3.8, 4) is 11.5 Å². The monoisotopic (exact) mass is 537 g/mol. The summed E-state index contributed by atoms with van der Waals surface area (Å²) in [7, 11) is 0. The molecule has 3 aromatic rings. The van der Waals surface area contributed by atoms with Gasteiger partial charge in [-0.2, -0.15) is 0 Å². The molecule has 1 amide bonds. The van der Waals surface area contributed by atoms with Crippen LogP contribution in [0.25, 0.3) is 0 Å². The molecule has 8 heteroatoms. The van der Waals surface area contributed by atoms with Gasteiger partial charge >= 0.3 is 0 Å². The van der Waals surface area contributed by atoms with E-state index in [1.165, 1.54) is 5.69 Å². The second-order valence-corrected chi connectivity index (χ2v) is 8.68. The van der Waals surface area contributed by atoms with Crippen molar-refractivity contribution in [2.45, 2.75) is 6.92 Å². The minimum atomic E-state index is -0.249. The molecule has 1 N–H and O–H groups in total. The minimum absolute atomic E-state index is 0.135. The number of aliphatic imine (C=N–C) groups is 1. The Balaban J connectivity index is 1.42. The van der Waals surface area contributed by atoms with Crippen LogP contribution in [0.4, 0.5) is 17.1 Å². The Morgan fingerprint density at radius 3 is 2.49 bits per heavy atom. The van der Waals surface area contributed by atoms with E-state index in [2.05, 4.69) is 43.3 Å². The fourth-order valence-corrected chi connectivity index (χ4v) is 4.03. The lowest BCUT2D eigenvalue weighted by Crippen LogP contribution is -2.36. The molecule has 1 saturated heterocycles. The second kappa shape index (κ2) is 12.4. The molecule has 0 spiro atoms. The normalized spacial score (nSPS) is 13.6. The first-order chi connectivity index (χ1) is 17.1. The van der Waals surface area contributed by atoms with E-state index in [1.807, 2.05) is 55.5 Å². The maximum atomic E-state index is 12.3. The molecule has 0 atom stereocenters. The fourth-order valence-electron chi connectivity index (χ4n) is 3.61. The lowest BCUT2D eigenvalue weighted by atomic mass is 10.2. The first-order valence-electron chi connectivity index (χ1n) is 11.5. The van der Waals surface area contributed by atoms with E-state index in [1.54, 1.807) is 12.3 Å². The predicted molar refractivity (Wildman–Crippen MR) is 143 cm³/mol. The fraction of sp³-hybridized carbons (Fsp3) is 0.259. The second-order valence-electron chi connectivity index (χ2n) is 7.83. The number of benzene rings is 3. The van der Waals surface area contributed by atoms with Gasteiger partial charge in [0.15, 0.2) is 18.1 Å². The largest absolute Gasteiger partial charge is 0.490 e. The Bertz CT molecular complexity index is 1150. The number of anilines is 2. The number of hydrogen-bond acceptors (Lipinski definition) is 6. The third-order valence-electron chi connectivity index (χ3n) is 5.36. The van der Waals surface area contributed by atoms with Crippen LogP contribution in [0.3, 0.4) is 0 Å². The molecule has 0 saturated carbocycles. The quantitative estimate of drug-likeness (QED) is 0.367. The Labute approximate surface area is 213 Å². The van der Waals surface area contributed by atoms with Crippen molar-refractivity contribution >= 4 is 45.1 Å². The van der Waals surface area contributed by atoms with Crippen molar-refractivity contribution in [3.05, 3.63) is 76.8 Å². The van der Waals surface area contributed by atoms with Crippen molar-refractivity contribution in [1.82, 2.24) is 0 Å². The molecule has 0 radical (unpaired) electrons. The molecular formula is C27H28BrN3O4. The number of morpholine rings is 1. The summed E-state index contributed by atoms with van der Waals surface area (Å²) in [6.45, 7) is 5.55. The summed E-state index contributed by atoms with van der Waals surface area (Å²) < 4.78 is 17.7. The highest BCUT2D eigenvalue weighted by Crippen LogP contribution is 2.33. The molecule has 1 fully saturated rings. The van der Waals surface area contributed by atoms with E-state index < -0.39 is 0 Å². The minimum Gasteiger partial charge on any atom is -0.490 e. The number of hydrogen-bond donors (Lipinski definition) is 1. The SMILES string of the molecule is CCOc1cc(C=Nc2ccc(N3CCOCC3)cc2)c(Br)cc1OCC(=O)Nc1ccccc1. The van der Waals surface area contributed by atoms with Crippen LogP contribution in [0.15, 0.2) is 76.2 Å². The van der Waals surface area contributed by atoms with Gasteiger partial charge in [0.2, 0.25) is 0 Å². The lowest BCUT2D eigenvalue weighted by molar-refractivity contribution is -0.118. The first-order valence-corrected chi connectivity index (χ1v) is 12.3. The highest BCUT2D eigenvalue weighted by molar-refractivity contribution is 9.10. The third kappa shape index (κ3) is 7.07. The van der Waals surface area contributed by atoms with Gasteiger partial charge in [-0.1, -0.05) is 18.2 Å². The zero-order valence-corrected chi connectivity index (χ0v) is 21.2. The lowest BCUT2D eigenvalue weighted by Gasteiger charge is -2.28. The summed E-state index contributed by atoms with van der Waals surface area (Å²) in [5, 5.41) is 2.81. The van der Waals surface area contributed by atoms with Crippen LogP contribution in [-0.4, -0.2) is 51.6 Å². The number of nitrogens with zero attached hydrogens (tertiary/aromatic N) is 2. The zero-order valence-electron chi connectivity index (χ0n) is 19.6. The molecule has 1 aliphatic rings. The maximum Gasteiger partial charge on any atom is 0.262 e. The Morgan fingerprint density at radius 1 is 1.06 bits per heavy atom. The average molecular weight is 538 g/mol.